The molecule has 0 bridgehead atoms. The molecule has 0 amide bonds. The highest BCUT2D eigenvalue weighted by molar-refractivity contribution is 6.00. The third-order valence-corrected chi connectivity index (χ3v) is 7.28. The van der Waals surface area contributed by atoms with E-state index in [0.717, 1.165) is 56.1 Å². The number of aliphatic imine (C=N–C) groups is 1. The number of hydrogen-bond acceptors (Lipinski definition) is 7. The number of benzene rings is 1. The molecule has 3 atom stereocenters. The van der Waals surface area contributed by atoms with E-state index in [1.165, 1.54) is 5.69 Å². The second-order valence-corrected chi connectivity index (χ2v) is 9.77. The Labute approximate surface area is 196 Å². The largest absolute Gasteiger partial charge is 0.369 e. The lowest BCUT2D eigenvalue weighted by molar-refractivity contribution is 0.117. The van der Waals surface area contributed by atoms with Gasteiger partial charge in [-0.25, -0.2) is 4.39 Å². The van der Waals surface area contributed by atoms with Gasteiger partial charge in [-0.3, -0.25) is 10.3 Å². The molecule has 1 aromatic rings. The summed E-state index contributed by atoms with van der Waals surface area (Å²) >= 11 is 0. The fraction of sp³-hybridized carbons (Fsp3) is 0.560. The maximum absolute atomic E-state index is 15.3. The van der Waals surface area contributed by atoms with Crippen molar-refractivity contribution in [3.63, 3.8) is 0 Å². The molecule has 4 aliphatic rings. The minimum Gasteiger partial charge on any atom is -0.369 e. The first-order chi connectivity index (χ1) is 16.0. The standard InChI is InChI=1S/C25H36FN7/c1-31-12-14-33(15-13-31)20-6-4-19(5-7-20)21-16-22-23(28-10-11-32(22)2)24(30-21)29-18-25(26)8-3-9-27-17-25/h4-7,10-11,16,22,24,27,29-30H,3,8-9,12-15,17-18H2,1-2H3/t22?,24?,25-/m1/s1. The molecule has 0 radical (unpaired) electrons. The summed E-state index contributed by atoms with van der Waals surface area (Å²) in [6, 6.07) is 8.84. The first-order valence-corrected chi connectivity index (χ1v) is 12.1. The normalized spacial score (nSPS) is 30.4. The second kappa shape index (κ2) is 9.44. The summed E-state index contributed by atoms with van der Waals surface area (Å²) in [6.07, 6.45) is 7.28. The van der Waals surface area contributed by atoms with Crippen molar-refractivity contribution in [1.29, 1.82) is 0 Å². The highest BCUT2D eigenvalue weighted by Gasteiger charge is 2.36. The summed E-state index contributed by atoms with van der Waals surface area (Å²) in [6.45, 7) is 5.90. The number of halogens is 1. The molecule has 2 fully saturated rings. The van der Waals surface area contributed by atoms with Crippen molar-refractivity contribution < 1.29 is 4.39 Å². The maximum Gasteiger partial charge on any atom is 0.135 e. The zero-order valence-electron chi connectivity index (χ0n) is 19.7. The van der Waals surface area contributed by atoms with Crippen LogP contribution in [0, 0.1) is 0 Å². The number of alkyl halides is 1. The van der Waals surface area contributed by atoms with Gasteiger partial charge < -0.3 is 25.3 Å². The number of fused-ring (bicyclic) bond motifs is 1. The molecule has 33 heavy (non-hydrogen) atoms. The summed E-state index contributed by atoms with van der Waals surface area (Å²) in [7, 11) is 4.24. The Morgan fingerprint density at radius 1 is 1.15 bits per heavy atom. The monoisotopic (exact) mass is 453 g/mol. The van der Waals surface area contributed by atoms with Crippen molar-refractivity contribution in [2.24, 2.45) is 4.99 Å². The lowest BCUT2D eigenvalue weighted by Gasteiger charge is -2.40. The minimum atomic E-state index is -1.22. The van der Waals surface area contributed by atoms with Crippen molar-refractivity contribution in [1.82, 2.24) is 25.8 Å². The average Bonchev–Trinajstić information content (AvgIpc) is 2.84. The smallest absolute Gasteiger partial charge is 0.135 e. The molecule has 2 unspecified atom stereocenters. The van der Waals surface area contributed by atoms with Crippen molar-refractivity contribution >= 4 is 17.1 Å². The Hall–Kier alpha value is -2.42. The van der Waals surface area contributed by atoms with Crippen molar-refractivity contribution in [3.05, 3.63) is 48.3 Å². The van der Waals surface area contributed by atoms with Crippen molar-refractivity contribution in [2.75, 3.05) is 64.8 Å². The average molecular weight is 454 g/mol. The number of rotatable bonds is 5. The van der Waals surface area contributed by atoms with Gasteiger partial charge in [0.25, 0.3) is 0 Å². The molecule has 0 saturated carbocycles. The minimum absolute atomic E-state index is 0.0427. The van der Waals surface area contributed by atoms with E-state index in [0.29, 0.717) is 19.5 Å². The van der Waals surface area contributed by atoms with Crippen LogP contribution in [0.1, 0.15) is 18.4 Å². The summed E-state index contributed by atoms with van der Waals surface area (Å²) < 4.78 is 15.3. The van der Waals surface area contributed by atoms with Gasteiger partial charge in [-0.05, 0) is 50.2 Å². The number of nitrogens with zero attached hydrogens (tertiary/aromatic N) is 4. The Morgan fingerprint density at radius 3 is 2.67 bits per heavy atom. The number of likely N-dealkylation sites (N-methyl/N-ethyl adjacent to an activating group) is 2. The van der Waals surface area contributed by atoms with Crippen LogP contribution in [0.15, 0.2) is 47.7 Å². The zero-order chi connectivity index (χ0) is 22.8. The van der Waals surface area contributed by atoms with Gasteiger partial charge in [-0.2, -0.15) is 0 Å². The summed E-state index contributed by atoms with van der Waals surface area (Å²) in [5.41, 5.74) is 3.21. The molecule has 2 saturated heterocycles. The molecular weight excluding hydrogens is 417 g/mol. The van der Waals surface area contributed by atoms with Gasteiger partial charge in [0.1, 0.15) is 11.8 Å². The van der Waals surface area contributed by atoms with E-state index >= 15 is 4.39 Å². The lowest BCUT2D eigenvalue weighted by atomic mass is 9.94. The quantitative estimate of drug-likeness (QED) is 0.630. The number of piperidine rings is 1. The van der Waals surface area contributed by atoms with Gasteiger partial charge >= 0.3 is 0 Å². The molecule has 4 heterocycles. The fourth-order valence-corrected chi connectivity index (χ4v) is 5.10. The third-order valence-electron chi connectivity index (χ3n) is 7.28. The number of hydrogen-bond donors (Lipinski definition) is 3. The van der Waals surface area contributed by atoms with Crippen LogP contribution in [0.4, 0.5) is 10.1 Å². The van der Waals surface area contributed by atoms with Gasteiger partial charge in [-0.15, -0.1) is 0 Å². The predicted octanol–water partition coefficient (Wildman–Crippen LogP) is 1.62. The molecule has 4 aliphatic heterocycles. The fourth-order valence-electron chi connectivity index (χ4n) is 5.10. The van der Waals surface area contributed by atoms with Gasteiger partial charge in [0.05, 0.1) is 11.8 Å². The van der Waals surface area contributed by atoms with E-state index in [4.69, 9.17) is 0 Å². The molecule has 178 valence electrons. The molecule has 0 spiro atoms. The molecule has 0 aromatic heterocycles. The van der Waals surface area contributed by atoms with E-state index in [2.05, 4.69) is 80.1 Å². The summed E-state index contributed by atoms with van der Waals surface area (Å²) in [5, 5.41) is 10.2. The SMILES string of the molecule is CN1CCN(c2ccc(C3=CC4C(=NC=CN4C)C(NC[C@@]4(F)CCCNC4)N3)cc2)CC1. The lowest BCUT2D eigenvalue weighted by Crippen LogP contribution is -2.60. The molecular formula is C25H36FN7. The van der Waals surface area contributed by atoms with Crippen LogP contribution >= 0.6 is 0 Å². The number of anilines is 1. The molecule has 0 aliphatic carbocycles. The highest BCUT2D eigenvalue weighted by Crippen LogP contribution is 2.26. The summed E-state index contributed by atoms with van der Waals surface area (Å²) in [5.74, 6) is 0. The molecule has 7 nitrogen and oxygen atoms in total. The van der Waals surface area contributed by atoms with E-state index < -0.39 is 5.67 Å². The highest BCUT2D eigenvalue weighted by atomic mass is 19.1. The van der Waals surface area contributed by atoms with Gasteiger partial charge in [0.2, 0.25) is 0 Å². The van der Waals surface area contributed by atoms with E-state index in [1.807, 2.05) is 12.4 Å². The first kappa shape index (κ1) is 22.4. The van der Waals surface area contributed by atoms with Crippen LogP contribution in [0.2, 0.25) is 0 Å². The van der Waals surface area contributed by atoms with Crippen LogP contribution in [0.3, 0.4) is 0 Å². The van der Waals surface area contributed by atoms with E-state index in [9.17, 15) is 0 Å². The molecule has 3 N–H and O–H groups in total. The van der Waals surface area contributed by atoms with Crippen molar-refractivity contribution in [2.45, 2.75) is 30.7 Å². The maximum atomic E-state index is 15.3. The number of nitrogens with one attached hydrogen (secondary N) is 3. The van der Waals surface area contributed by atoms with Crippen LogP contribution in [-0.2, 0) is 0 Å². The molecule has 8 heteroatoms. The third kappa shape index (κ3) is 4.93. The Kier molecular flexibility index (Phi) is 6.40. The van der Waals surface area contributed by atoms with E-state index in [1.54, 1.807) is 0 Å². The van der Waals surface area contributed by atoms with Gasteiger partial charge in [-0.1, -0.05) is 12.1 Å². The van der Waals surface area contributed by atoms with Crippen molar-refractivity contribution in [3.8, 4) is 0 Å². The van der Waals surface area contributed by atoms with Gasteiger partial charge in [0, 0.05) is 70.1 Å². The zero-order valence-corrected chi connectivity index (χ0v) is 19.7. The van der Waals surface area contributed by atoms with Gasteiger partial charge in [0.15, 0.2) is 0 Å². The Morgan fingerprint density at radius 2 is 1.94 bits per heavy atom. The van der Waals surface area contributed by atoms with Crippen LogP contribution in [0.25, 0.3) is 5.70 Å². The molecule has 1 aromatic carbocycles. The first-order valence-electron chi connectivity index (χ1n) is 12.1. The van der Waals surface area contributed by atoms with Crippen LogP contribution in [0.5, 0.6) is 0 Å². The summed E-state index contributed by atoms with van der Waals surface area (Å²) in [4.78, 5) is 11.6. The molecule has 5 rings (SSSR count). The second-order valence-electron chi connectivity index (χ2n) is 9.77. The Bertz CT molecular complexity index is 911. The Balaban J connectivity index is 1.33. The van der Waals surface area contributed by atoms with Crippen LogP contribution < -0.4 is 20.9 Å². The topological polar surface area (TPSA) is 58.2 Å². The number of piperazine rings is 1. The predicted molar refractivity (Wildman–Crippen MR) is 133 cm³/mol. The van der Waals surface area contributed by atoms with E-state index in [-0.39, 0.29) is 12.2 Å². The van der Waals surface area contributed by atoms with Crippen LogP contribution in [-0.4, -0.2) is 93.3 Å².